The Kier molecular flexibility index (Phi) is 3.76. The minimum Gasteiger partial charge on any atom is -0.357 e. The highest BCUT2D eigenvalue weighted by Crippen LogP contribution is 2.21. The van der Waals surface area contributed by atoms with E-state index in [0.29, 0.717) is 12.0 Å². The molecule has 6 heteroatoms. The molecule has 2 aliphatic rings. The molecule has 6 nitrogen and oxygen atoms in total. The summed E-state index contributed by atoms with van der Waals surface area (Å²) in [5.41, 5.74) is 0.788. The SMILES string of the molecule is c1cc2cnc(NC3CCNCC3)nc2nc1N1CCCC1. The van der Waals surface area contributed by atoms with Crippen molar-refractivity contribution in [2.45, 2.75) is 31.7 Å². The molecule has 2 fully saturated rings. The predicted octanol–water partition coefficient (Wildman–Crippen LogP) is 1.79. The van der Waals surface area contributed by atoms with Gasteiger partial charge in [0.25, 0.3) is 0 Å². The fourth-order valence-corrected chi connectivity index (χ4v) is 3.24. The molecule has 0 bridgehead atoms. The van der Waals surface area contributed by atoms with E-state index < -0.39 is 0 Å². The van der Waals surface area contributed by atoms with Crippen molar-refractivity contribution in [3.63, 3.8) is 0 Å². The van der Waals surface area contributed by atoms with Gasteiger partial charge in [0.05, 0.1) is 0 Å². The lowest BCUT2D eigenvalue weighted by Gasteiger charge is -2.23. The van der Waals surface area contributed by atoms with Gasteiger partial charge in [0.2, 0.25) is 5.95 Å². The number of hydrogen-bond acceptors (Lipinski definition) is 6. The van der Waals surface area contributed by atoms with Gasteiger partial charge < -0.3 is 15.5 Å². The Morgan fingerprint density at radius 2 is 1.91 bits per heavy atom. The molecule has 0 aliphatic carbocycles. The number of hydrogen-bond donors (Lipinski definition) is 2. The van der Waals surface area contributed by atoms with E-state index in [1.165, 1.54) is 12.8 Å². The van der Waals surface area contributed by atoms with Gasteiger partial charge >= 0.3 is 0 Å². The van der Waals surface area contributed by atoms with Crippen molar-refractivity contribution in [1.29, 1.82) is 0 Å². The monoisotopic (exact) mass is 298 g/mol. The smallest absolute Gasteiger partial charge is 0.224 e. The lowest BCUT2D eigenvalue weighted by atomic mass is 10.1. The Hall–Kier alpha value is -1.95. The number of anilines is 2. The molecule has 2 aromatic rings. The first kappa shape index (κ1) is 13.7. The summed E-state index contributed by atoms with van der Waals surface area (Å²) in [5, 5.41) is 7.82. The summed E-state index contributed by atoms with van der Waals surface area (Å²) in [5.74, 6) is 1.74. The van der Waals surface area contributed by atoms with Crippen molar-refractivity contribution in [2.24, 2.45) is 0 Å². The van der Waals surface area contributed by atoms with E-state index in [0.717, 1.165) is 55.9 Å². The molecule has 0 spiro atoms. The van der Waals surface area contributed by atoms with Gasteiger partial charge in [-0.05, 0) is 50.9 Å². The molecule has 2 aliphatic heterocycles. The van der Waals surface area contributed by atoms with E-state index in [9.17, 15) is 0 Å². The van der Waals surface area contributed by atoms with Crippen molar-refractivity contribution in [3.8, 4) is 0 Å². The second kappa shape index (κ2) is 6.04. The standard InChI is InChI=1S/C16H22N6/c1-2-10-22(9-1)14-4-3-12-11-18-16(21-15(12)20-14)19-13-5-7-17-8-6-13/h3-4,11,13,17H,1-2,5-10H2,(H,18,19,20,21). The Bertz CT molecular complexity index is 646. The van der Waals surface area contributed by atoms with Crippen LogP contribution in [0.25, 0.3) is 11.0 Å². The molecule has 4 heterocycles. The number of nitrogens with one attached hydrogen (secondary N) is 2. The molecule has 0 aromatic carbocycles. The summed E-state index contributed by atoms with van der Waals surface area (Å²) in [6, 6.07) is 4.61. The van der Waals surface area contributed by atoms with Gasteiger partial charge in [-0.3, -0.25) is 0 Å². The van der Waals surface area contributed by atoms with E-state index in [4.69, 9.17) is 4.98 Å². The average molecular weight is 298 g/mol. The van der Waals surface area contributed by atoms with Crippen LogP contribution in [0.15, 0.2) is 18.3 Å². The van der Waals surface area contributed by atoms with Crippen LogP contribution in [0.5, 0.6) is 0 Å². The van der Waals surface area contributed by atoms with Crippen molar-refractivity contribution < 1.29 is 0 Å². The predicted molar refractivity (Wildman–Crippen MR) is 88.3 cm³/mol. The fourth-order valence-electron chi connectivity index (χ4n) is 3.24. The molecular formula is C16H22N6. The summed E-state index contributed by atoms with van der Waals surface area (Å²) in [4.78, 5) is 16.1. The molecule has 0 amide bonds. The van der Waals surface area contributed by atoms with E-state index in [-0.39, 0.29) is 0 Å². The summed E-state index contributed by atoms with van der Waals surface area (Å²) < 4.78 is 0. The molecular weight excluding hydrogens is 276 g/mol. The molecule has 0 saturated carbocycles. The van der Waals surface area contributed by atoms with Crippen molar-refractivity contribution in [3.05, 3.63) is 18.3 Å². The molecule has 2 saturated heterocycles. The van der Waals surface area contributed by atoms with Crippen LogP contribution in [-0.2, 0) is 0 Å². The number of piperidine rings is 1. The van der Waals surface area contributed by atoms with Crippen LogP contribution in [0, 0.1) is 0 Å². The first-order valence-corrected chi connectivity index (χ1v) is 8.24. The van der Waals surface area contributed by atoms with Crippen LogP contribution in [-0.4, -0.2) is 47.2 Å². The Morgan fingerprint density at radius 1 is 1.09 bits per heavy atom. The zero-order chi connectivity index (χ0) is 14.8. The van der Waals surface area contributed by atoms with E-state index in [1.807, 2.05) is 6.20 Å². The van der Waals surface area contributed by atoms with Gasteiger partial charge in [-0.15, -0.1) is 0 Å². The van der Waals surface area contributed by atoms with E-state index in [2.05, 4.69) is 37.6 Å². The highest BCUT2D eigenvalue weighted by Gasteiger charge is 2.16. The summed E-state index contributed by atoms with van der Waals surface area (Å²) in [6.45, 7) is 4.32. The zero-order valence-corrected chi connectivity index (χ0v) is 12.8. The topological polar surface area (TPSA) is 66.0 Å². The van der Waals surface area contributed by atoms with E-state index in [1.54, 1.807) is 0 Å². The third-order valence-electron chi connectivity index (χ3n) is 4.53. The van der Waals surface area contributed by atoms with Crippen LogP contribution in [0.2, 0.25) is 0 Å². The molecule has 0 atom stereocenters. The molecule has 22 heavy (non-hydrogen) atoms. The molecule has 0 radical (unpaired) electrons. The average Bonchev–Trinajstić information content (AvgIpc) is 3.10. The van der Waals surface area contributed by atoms with Crippen LogP contribution in [0.4, 0.5) is 11.8 Å². The van der Waals surface area contributed by atoms with Crippen molar-refractivity contribution in [2.75, 3.05) is 36.4 Å². The quantitative estimate of drug-likeness (QED) is 0.900. The highest BCUT2D eigenvalue weighted by molar-refractivity contribution is 5.76. The fraction of sp³-hybridized carbons (Fsp3) is 0.562. The van der Waals surface area contributed by atoms with Gasteiger partial charge in [-0.2, -0.15) is 4.98 Å². The van der Waals surface area contributed by atoms with Crippen molar-refractivity contribution >= 4 is 22.8 Å². The molecule has 2 aromatic heterocycles. The maximum absolute atomic E-state index is 4.73. The maximum Gasteiger partial charge on any atom is 0.224 e. The molecule has 4 rings (SSSR count). The molecule has 116 valence electrons. The Balaban J connectivity index is 1.57. The number of fused-ring (bicyclic) bond motifs is 1. The number of pyridine rings is 1. The number of nitrogens with zero attached hydrogens (tertiary/aromatic N) is 4. The first-order valence-electron chi connectivity index (χ1n) is 8.24. The zero-order valence-electron chi connectivity index (χ0n) is 12.8. The third-order valence-corrected chi connectivity index (χ3v) is 4.53. The second-order valence-corrected chi connectivity index (χ2v) is 6.14. The largest absolute Gasteiger partial charge is 0.357 e. The van der Waals surface area contributed by atoms with Crippen LogP contribution in [0.1, 0.15) is 25.7 Å². The number of rotatable bonds is 3. The van der Waals surface area contributed by atoms with Gasteiger partial charge in [0, 0.05) is 30.7 Å². The van der Waals surface area contributed by atoms with Crippen LogP contribution >= 0.6 is 0 Å². The van der Waals surface area contributed by atoms with E-state index >= 15 is 0 Å². The van der Waals surface area contributed by atoms with Gasteiger partial charge in [0.15, 0.2) is 5.65 Å². The summed E-state index contributed by atoms with van der Waals surface area (Å²) in [7, 11) is 0. The highest BCUT2D eigenvalue weighted by atomic mass is 15.2. The van der Waals surface area contributed by atoms with Crippen LogP contribution < -0.4 is 15.5 Å². The van der Waals surface area contributed by atoms with Gasteiger partial charge in [0.1, 0.15) is 5.82 Å². The normalized spacial score (nSPS) is 19.7. The Labute approximate surface area is 130 Å². The summed E-state index contributed by atoms with van der Waals surface area (Å²) >= 11 is 0. The van der Waals surface area contributed by atoms with Gasteiger partial charge in [-0.1, -0.05) is 0 Å². The number of aromatic nitrogens is 3. The van der Waals surface area contributed by atoms with Crippen LogP contribution in [0.3, 0.4) is 0 Å². The summed E-state index contributed by atoms with van der Waals surface area (Å²) in [6.07, 6.45) is 6.61. The molecule has 2 N–H and O–H groups in total. The second-order valence-electron chi connectivity index (χ2n) is 6.14. The Morgan fingerprint density at radius 3 is 2.73 bits per heavy atom. The lowest BCUT2D eigenvalue weighted by Crippen LogP contribution is -2.35. The maximum atomic E-state index is 4.73. The first-order chi connectivity index (χ1) is 10.9. The van der Waals surface area contributed by atoms with Crippen molar-refractivity contribution in [1.82, 2.24) is 20.3 Å². The minimum atomic E-state index is 0.459. The third kappa shape index (κ3) is 2.83. The van der Waals surface area contributed by atoms with Gasteiger partial charge in [-0.25, -0.2) is 9.97 Å². The molecule has 0 unspecified atom stereocenters. The lowest BCUT2D eigenvalue weighted by molar-refractivity contribution is 0.477. The minimum absolute atomic E-state index is 0.459.